The second kappa shape index (κ2) is 12.6. The van der Waals surface area contributed by atoms with Gasteiger partial charge in [0.15, 0.2) is 0 Å². The van der Waals surface area contributed by atoms with Crippen molar-refractivity contribution in [2.24, 2.45) is 0 Å². The predicted octanol–water partition coefficient (Wildman–Crippen LogP) is 0.560. The highest BCUT2D eigenvalue weighted by molar-refractivity contribution is 7.99. The molecule has 156 valence electrons. The van der Waals surface area contributed by atoms with Crippen LogP contribution in [0.2, 0.25) is 0 Å². The van der Waals surface area contributed by atoms with Crippen molar-refractivity contribution in [1.82, 2.24) is 21.3 Å². The zero-order valence-electron chi connectivity index (χ0n) is 17.2. The van der Waals surface area contributed by atoms with Gasteiger partial charge in [0.05, 0.1) is 0 Å². The van der Waals surface area contributed by atoms with Gasteiger partial charge >= 0.3 is 0 Å². The molecule has 0 rings (SSSR count). The monoisotopic (exact) mass is 402 g/mol. The molecule has 0 saturated carbocycles. The van der Waals surface area contributed by atoms with Crippen molar-refractivity contribution < 1.29 is 19.2 Å². The minimum absolute atomic E-state index is 0.215. The highest BCUT2D eigenvalue weighted by atomic mass is 32.2. The van der Waals surface area contributed by atoms with Crippen LogP contribution in [0.25, 0.3) is 0 Å². The Bertz CT molecular complexity index is 520. The molecule has 0 fully saturated rings. The van der Waals surface area contributed by atoms with Crippen molar-refractivity contribution in [3.05, 3.63) is 0 Å². The molecule has 0 aliphatic carbocycles. The number of thioether (sulfide) groups is 1. The summed E-state index contributed by atoms with van der Waals surface area (Å²) in [4.78, 5) is 48.0. The van der Waals surface area contributed by atoms with Crippen LogP contribution in [0.3, 0.4) is 0 Å². The van der Waals surface area contributed by atoms with Gasteiger partial charge in [0.1, 0.15) is 12.1 Å². The molecule has 0 aromatic rings. The number of amides is 4. The van der Waals surface area contributed by atoms with E-state index in [1.807, 2.05) is 20.8 Å². The van der Waals surface area contributed by atoms with Crippen molar-refractivity contribution in [3.63, 3.8) is 0 Å². The van der Waals surface area contributed by atoms with Gasteiger partial charge in [0.2, 0.25) is 23.6 Å². The summed E-state index contributed by atoms with van der Waals surface area (Å²) in [6, 6.07) is -1.39. The summed E-state index contributed by atoms with van der Waals surface area (Å²) >= 11 is 1.33. The molecule has 0 aromatic heterocycles. The van der Waals surface area contributed by atoms with Crippen molar-refractivity contribution in [3.8, 4) is 0 Å². The molecular formula is C18H34N4O4S. The number of nitrogens with one attached hydrogen (secondary N) is 4. The van der Waals surface area contributed by atoms with Gasteiger partial charge in [-0.3, -0.25) is 19.2 Å². The van der Waals surface area contributed by atoms with E-state index in [-0.39, 0.29) is 36.5 Å². The maximum Gasteiger partial charge on any atom is 0.243 e. The van der Waals surface area contributed by atoms with E-state index in [9.17, 15) is 19.2 Å². The average molecular weight is 403 g/mol. The molecule has 0 saturated heterocycles. The fourth-order valence-electron chi connectivity index (χ4n) is 2.02. The van der Waals surface area contributed by atoms with Crippen LogP contribution in [0.4, 0.5) is 0 Å². The van der Waals surface area contributed by atoms with Crippen LogP contribution in [0, 0.1) is 0 Å². The van der Waals surface area contributed by atoms with Crippen LogP contribution >= 0.6 is 11.8 Å². The van der Waals surface area contributed by atoms with E-state index in [2.05, 4.69) is 21.3 Å². The summed E-state index contributed by atoms with van der Waals surface area (Å²) in [5, 5.41) is 10.9. The first kappa shape index (κ1) is 25.2. The Morgan fingerprint density at radius 1 is 0.815 bits per heavy atom. The molecule has 2 unspecified atom stereocenters. The third-order valence-corrected chi connectivity index (χ3v) is 4.50. The van der Waals surface area contributed by atoms with Gasteiger partial charge in [-0.1, -0.05) is 13.8 Å². The Labute approximate surface area is 166 Å². The lowest BCUT2D eigenvalue weighted by atomic mass is 10.1. The minimum atomic E-state index is -0.710. The lowest BCUT2D eigenvalue weighted by Gasteiger charge is -2.26. The van der Waals surface area contributed by atoms with E-state index in [0.29, 0.717) is 18.1 Å². The van der Waals surface area contributed by atoms with Crippen LogP contribution in [-0.4, -0.2) is 59.3 Å². The molecule has 0 bridgehead atoms. The Morgan fingerprint density at radius 3 is 1.63 bits per heavy atom. The van der Waals surface area contributed by atoms with Crippen molar-refractivity contribution in [2.45, 2.75) is 72.0 Å². The van der Waals surface area contributed by atoms with Crippen LogP contribution in [0.15, 0.2) is 0 Å². The lowest BCUT2D eigenvalue weighted by molar-refractivity contribution is -0.129. The number of carbonyl (C=O) groups is 4. The predicted molar refractivity (Wildman–Crippen MR) is 108 cm³/mol. The lowest BCUT2D eigenvalue weighted by Crippen LogP contribution is -2.53. The highest BCUT2D eigenvalue weighted by Gasteiger charge is 2.26. The van der Waals surface area contributed by atoms with E-state index in [4.69, 9.17) is 0 Å². The minimum Gasteiger partial charge on any atom is -0.355 e. The molecular weight excluding hydrogens is 368 g/mol. The molecule has 0 aromatic carbocycles. The Balaban J connectivity index is 4.93. The quantitative estimate of drug-likeness (QED) is 0.403. The SMILES string of the molecule is CCNC(=O)C(CSCC(NC(=O)CC)C(=O)NC(C)(C)C)NC(=O)CC. The van der Waals surface area contributed by atoms with Crippen molar-refractivity contribution >= 4 is 35.4 Å². The number of rotatable bonds is 11. The summed E-state index contributed by atoms with van der Waals surface area (Å²) in [6.45, 7) is 11.3. The van der Waals surface area contributed by atoms with E-state index < -0.39 is 17.6 Å². The van der Waals surface area contributed by atoms with E-state index in [1.54, 1.807) is 20.8 Å². The van der Waals surface area contributed by atoms with Gasteiger partial charge in [0, 0.05) is 36.4 Å². The summed E-state index contributed by atoms with van der Waals surface area (Å²) in [5.74, 6) is -0.369. The zero-order chi connectivity index (χ0) is 21.0. The number of likely N-dealkylation sites (N-methyl/N-ethyl adjacent to an activating group) is 1. The van der Waals surface area contributed by atoms with E-state index >= 15 is 0 Å². The summed E-state index contributed by atoms with van der Waals surface area (Å²) in [7, 11) is 0. The fourth-order valence-corrected chi connectivity index (χ4v) is 3.09. The Morgan fingerprint density at radius 2 is 1.26 bits per heavy atom. The first-order chi connectivity index (χ1) is 12.5. The largest absolute Gasteiger partial charge is 0.355 e. The standard InChI is InChI=1S/C18H34N4O4S/c1-7-14(23)20-12(16(25)19-9-3)10-27-11-13(21-15(24)8-2)17(26)22-18(4,5)6/h12-13H,7-11H2,1-6H3,(H,19,25)(H,20,23)(H,21,24)(H,22,26). The normalized spacial score (nSPS) is 13.3. The third kappa shape index (κ3) is 11.5. The molecule has 4 N–H and O–H groups in total. The van der Waals surface area contributed by atoms with Crippen LogP contribution in [-0.2, 0) is 19.2 Å². The molecule has 0 radical (unpaired) electrons. The maximum atomic E-state index is 12.5. The van der Waals surface area contributed by atoms with Crippen LogP contribution in [0.5, 0.6) is 0 Å². The number of carbonyl (C=O) groups excluding carboxylic acids is 4. The second-order valence-electron chi connectivity index (χ2n) is 7.12. The number of hydrogen-bond donors (Lipinski definition) is 4. The summed E-state index contributed by atoms with van der Waals surface area (Å²) in [6.07, 6.45) is 0.557. The molecule has 2 atom stereocenters. The van der Waals surface area contributed by atoms with Crippen LogP contribution in [0.1, 0.15) is 54.4 Å². The second-order valence-corrected chi connectivity index (χ2v) is 8.19. The molecule has 27 heavy (non-hydrogen) atoms. The molecule has 0 spiro atoms. The average Bonchev–Trinajstić information content (AvgIpc) is 2.57. The van der Waals surface area contributed by atoms with Gasteiger partial charge in [0.25, 0.3) is 0 Å². The molecule has 0 aliphatic rings. The topological polar surface area (TPSA) is 116 Å². The molecule has 0 aliphatic heterocycles. The first-order valence-corrected chi connectivity index (χ1v) is 10.5. The molecule has 9 heteroatoms. The van der Waals surface area contributed by atoms with Gasteiger partial charge in [-0.25, -0.2) is 0 Å². The number of hydrogen-bond acceptors (Lipinski definition) is 5. The summed E-state index contributed by atoms with van der Waals surface area (Å²) < 4.78 is 0. The highest BCUT2D eigenvalue weighted by Crippen LogP contribution is 2.09. The molecule has 0 heterocycles. The van der Waals surface area contributed by atoms with Gasteiger partial charge in [-0.05, 0) is 27.7 Å². The van der Waals surface area contributed by atoms with E-state index in [1.165, 1.54) is 11.8 Å². The van der Waals surface area contributed by atoms with Gasteiger partial charge in [-0.2, -0.15) is 11.8 Å². The van der Waals surface area contributed by atoms with Crippen molar-refractivity contribution in [2.75, 3.05) is 18.1 Å². The molecule has 8 nitrogen and oxygen atoms in total. The van der Waals surface area contributed by atoms with Crippen molar-refractivity contribution in [1.29, 1.82) is 0 Å². The zero-order valence-corrected chi connectivity index (χ0v) is 18.0. The van der Waals surface area contributed by atoms with Gasteiger partial charge < -0.3 is 21.3 Å². The van der Waals surface area contributed by atoms with E-state index in [0.717, 1.165) is 0 Å². The first-order valence-electron chi connectivity index (χ1n) is 9.30. The Kier molecular flexibility index (Phi) is 11.8. The third-order valence-electron chi connectivity index (χ3n) is 3.36. The Hall–Kier alpha value is -1.77. The maximum absolute atomic E-state index is 12.5. The smallest absolute Gasteiger partial charge is 0.243 e. The van der Waals surface area contributed by atoms with Crippen LogP contribution < -0.4 is 21.3 Å². The molecule has 4 amide bonds. The fraction of sp³-hybridized carbons (Fsp3) is 0.778. The van der Waals surface area contributed by atoms with Gasteiger partial charge in [-0.15, -0.1) is 0 Å². The summed E-state index contributed by atoms with van der Waals surface area (Å²) in [5.41, 5.74) is -0.421.